The van der Waals surface area contributed by atoms with Gasteiger partial charge in [-0.2, -0.15) is 0 Å². The van der Waals surface area contributed by atoms with Crippen LogP contribution in [0, 0.1) is 0 Å². The zero-order valence-electron chi connectivity index (χ0n) is 40.6. The molecule has 1 N–H and O–H groups in total. The number of carbonyl (C=O) groups is 2. The number of hydrogen-bond donors (Lipinski definition) is 1. The number of pyridine rings is 1. The van der Waals surface area contributed by atoms with Crippen molar-refractivity contribution < 1.29 is 51.6 Å². The van der Waals surface area contributed by atoms with Gasteiger partial charge in [0.2, 0.25) is 0 Å². The molecule has 15 heteroatoms. The molecule has 0 aliphatic rings. The van der Waals surface area contributed by atoms with Crippen molar-refractivity contribution in [3.05, 3.63) is 126 Å². The van der Waals surface area contributed by atoms with Crippen molar-refractivity contribution in [2.45, 2.75) is 65.1 Å². The first kappa shape index (κ1) is 48.0. The summed E-state index contributed by atoms with van der Waals surface area (Å²) in [6.45, 7) is 13.2. The largest absolute Gasteiger partial charge is 0.531 e. The third-order valence-corrected chi connectivity index (χ3v) is 16.8. The third-order valence-electron chi connectivity index (χ3n) is 11.9. The zero-order valence-corrected chi connectivity index (χ0v) is 41.6. The van der Waals surface area contributed by atoms with Crippen LogP contribution in [0.1, 0.15) is 48.5 Å². The SMILES string of the molecule is COCOc1cc2oc(=O)c3c(c(-c4ccc(O[Si](c5ccccc5)(c5ccccc5)C(C)(C)C)c(OC)c4)c4c5cc(OC)c(OC(=O)[C@H](C)NC(=O)OC(C)(C)C)cc5ccn43)c2cc1OC. The summed E-state index contributed by atoms with van der Waals surface area (Å²) >= 11 is 0. The van der Waals surface area contributed by atoms with Gasteiger partial charge < -0.3 is 51.7 Å². The van der Waals surface area contributed by atoms with Crippen molar-refractivity contribution in [2.24, 2.45) is 0 Å². The molecule has 0 fully saturated rings. The standard InChI is InChI=1S/C54H56N2O12Si/c1-32(55-52(59)67-53(2,3)4)50(57)66-45-26-33-24-25-56-48(37(33)28-43(45)63-11)46(47-38-29-42(62-10)44(64-31-60-8)30-40(38)65-51(58)49(47)56)34-22-23-39(41(27-34)61-9)68-69(54(5,6)7,35-18-14-12-15-19-35)36-20-16-13-17-21-36/h12-30,32H,31H2,1-11H3,(H,55,59)/t32-/m0/s1. The van der Waals surface area contributed by atoms with Crippen LogP contribution in [-0.4, -0.2) is 71.7 Å². The third kappa shape index (κ3) is 9.02. The Labute approximate surface area is 400 Å². The topological polar surface area (TPSA) is 155 Å². The number of alkyl carbamates (subject to hydrolysis) is 1. The lowest BCUT2D eigenvalue weighted by Crippen LogP contribution is -2.68. The Balaban J connectivity index is 1.37. The maximum absolute atomic E-state index is 14.4. The average Bonchev–Trinajstić information content (AvgIpc) is 3.68. The summed E-state index contributed by atoms with van der Waals surface area (Å²) in [6.07, 6.45) is 1.00. The maximum atomic E-state index is 14.4. The maximum Gasteiger partial charge on any atom is 0.408 e. The molecule has 14 nitrogen and oxygen atoms in total. The molecule has 0 spiro atoms. The van der Waals surface area contributed by atoms with E-state index in [4.69, 9.17) is 42.0 Å². The minimum Gasteiger partial charge on any atom is -0.531 e. The molecule has 0 aliphatic carbocycles. The summed E-state index contributed by atoms with van der Waals surface area (Å²) in [5, 5.41) is 6.79. The predicted octanol–water partition coefficient (Wildman–Crippen LogP) is 9.79. The van der Waals surface area contributed by atoms with E-state index in [0.717, 1.165) is 10.4 Å². The Kier molecular flexibility index (Phi) is 13.1. The van der Waals surface area contributed by atoms with Gasteiger partial charge in [0.25, 0.3) is 0 Å². The Morgan fingerprint density at radius 2 is 1.30 bits per heavy atom. The van der Waals surface area contributed by atoms with Crippen LogP contribution in [0.15, 0.2) is 125 Å². The minimum atomic E-state index is -3.12. The van der Waals surface area contributed by atoms with E-state index in [1.807, 2.05) is 54.6 Å². The summed E-state index contributed by atoms with van der Waals surface area (Å²) in [5.74, 6) is 1.30. The van der Waals surface area contributed by atoms with Gasteiger partial charge in [0.05, 0.1) is 26.8 Å². The first-order chi connectivity index (χ1) is 32.9. The van der Waals surface area contributed by atoms with E-state index in [1.165, 1.54) is 28.3 Å². The summed E-state index contributed by atoms with van der Waals surface area (Å²) in [6, 6.07) is 34.1. The van der Waals surface area contributed by atoms with Crippen LogP contribution in [0.4, 0.5) is 4.79 Å². The van der Waals surface area contributed by atoms with Crippen molar-refractivity contribution in [1.29, 1.82) is 0 Å². The molecule has 0 unspecified atom stereocenters. The monoisotopic (exact) mass is 952 g/mol. The molecule has 3 heterocycles. The van der Waals surface area contributed by atoms with Crippen LogP contribution in [0.25, 0.3) is 49.3 Å². The zero-order chi connectivity index (χ0) is 49.4. The van der Waals surface area contributed by atoms with Gasteiger partial charge in [0.15, 0.2) is 35.5 Å². The molecular weight excluding hydrogens is 897 g/mol. The number of ether oxygens (including phenoxy) is 7. The molecule has 1 amide bonds. The lowest BCUT2D eigenvalue weighted by atomic mass is 9.98. The molecule has 0 saturated carbocycles. The van der Waals surface area contributed by atoms with Gasteiger partial charge in [0, 0.05) is 41.1 Å². The van der Waals surface area contributed by atoms with E-state index < -0.39 is 37.6 Å². The van der Waals surface area contributed by atoms with Crippen molar-refractivity contribution in [2.75, 3.05) is 35.2 Å². The Hall–Kier alpha value is -7.49. The predicted molar refractivity (Wildman–Crippen MR) is 269 cm³/mol. The lowest BCUT2D eigenvalue weighted by Gasteiger charge is -2.43. The van der Waals surface area contributed by atoms with Gasteiger partial charge in [-0.15, -0.1) is 0 Å². The number of benzene rings is 5. The van der Waals surface area contributed by atoms with Gasteiger partial charge in [-0.1, -0.05) is 87.5 Å². The average molecular weight is 953 g/mol. The second-order valence-corrected chi connectivity index (χ2v) is 22.8. The highest BCUT2D eigenvalue weighted by Gasteiger charge is 2.52. The fourth-order valence-corrected chi connectivity index (χ4v) is 13.3. The van der Waals surface area contributed by atoms with Gasteiger partial charge in [-0.05, 0) is 90.5 Å². The minimum absolute atomic E-state index is 0.0674. The second kappa shape index (κ2) is 18.9. The van der Waals surface area contributed by atoms with Crippen LogP contribution < -0.4 is 49.4 Å². The fourth-order valence-electron chi connectivity index (χ4n) is 8.89. The van der Waals surface area contributed by atoms with Crippen molar-refractivity contribution in [3.8, 4) is 45.6 Å². The Morgan fingerprint density at radius 3 is 1.90 bits per heavy atom. The molecule has 5 aromatic carbocycles. The molecule has 69 heavy (non-hydrogen) atoms. The number of rotatable bonds is 14. The molecule has 0 aliphatic heterocycles. The van der Waals surface area contributed by atoms with E-state index in [9.17, 15) is 14.4 Å². The normalized spacial score (nSPS) is 12.5. The molecule has 0 radical (unpaired) electrons. The molecule has 8 rings (SSSR count). The highest BCUT2D eigenvalue weighted by atomic mass is 28.4. The second-order valence-electron chi connectivity index (χ2n) is 18.6. The van der Waals surface area contributed by atoms with E-state index >= 15 is 0 Å². The highest BCUT2D eigenvalue weighted by Crippen LogP contribution is 2.48. The molecule has 0 bridgehead atoms. The first-order valence-corrected chi connectivity index (χ1v) is 24.3. The number of hydrogen-bond acceptors (Lipinski definition) is 12. The van der Waals surface area contributed by atoms with Crippen LogP contribution in [0.3, 0.4) is 0 Å². The van der Waals surface area contributed by atoms with Gasteiger partial charge in [-0.3, -0.25) is 0 Å². The lowest BCUT2D eigenvalue weighted by molar-refractivity contribution is -0.136. The van der Waals surface area contributed by atoms with Crippen LogP contribution in [-0.2, 0) is 14.3 Å². The summed E-state index contributed by atoms with van der Waals surface area (Å²) in [4.78, 5) is 40.4. The van der Waals surface area contributed by atoms with Gasteiger partial charge >= 0.3 is 26.0 Å². The molecule has 358 valence electrons. The smallest absolute Gasteiger partial charge is 0.408 e. The van der Waals surface area contributed by atoms with Gasteiger partial charge in [0.1, 0.15) is 28.5 Å². The Morgan fingerprint density at radius 1 is 0.696 bits per heavy atom. The number of nitrogens with one attached hydrogen (secondary N) is 1. The van der Waals surface area contributed by atoms with Crippen molar-refractivity contribution >= 4 is 68.9 Å². The number of amides is 1. The molecule has 1 atom stereocenters. The summed E-state index contributed by atoms with van der Waals surface area (Å²) < 4.78 is 55.5. The number of nitrogens with zero attached hydrogens (tertiary/aromatic N) is 1. The summed E-state index contributed by atoms with van der Waals surface area (Å²) in [5.41, 5.74) is 1.07. The molecule has 0 saturated heterocycles. The van der Waals surface area contributed by atoms with E-state index in [2.05, 4.69) is 50.4 Å². The molecular formula is C54H56N2O12Si. The van der Waals surface area contributed by atoms with Crippen LogP contribution in [0.2, 0.25) is 5.04 Å². The van der Waals surface area contributed by atoms with Crippen LogP contribution in [0.5, 0.6) is 34.5 Å². The van der Waals surface area contributed by atoms with Crippen LogP contribution >= 0.6 is 0 Å². The fraction of sp³-hybridized carbons (Fsp3) is 0.278. The number of fused-ring (bicyclic) bond motifs is 7. The molecule has 3 aromatic heterocycles. The Bertz CT molecular complexity index is 3240. The van der Waals surface area contributed by atoms with Crippen molar-refractivity contribution in [1.82, 2.24) is 9.72 Å². The van der Waals surface area contributed by atoms with E-state index in [0.29, 0.717) is 61.2 Å². The van der Waals surface area contributed by atoms with E-state index in [1.54, 1.807) is 68.8 Å². The van der Waals surface area contributed by atoms with Crippen molar-refractivity contribution in [3.63, 3.8) is 0 Å². The highest BCUT2D eigenvalue weighted by molar-refractivity contribution is 7.00. The number of carbonyl (C=O) groups excluding carboxylic acids is 2. The first-order valence-electron chi connectivity index (χ1n) is 22.4. The quantitative estimate of drug-likeness (QED) is 0.0363. The number of esters is 1. The number of aromatic nitrogens is 1. The number of methoxy groups -OCH3 is 4. The van der Waals surface area contributed by atoms with Gasteiger partial charge in [-0.25, -0.2) is 14.4 Å². The summed E-state index contributed by atoms with van der Waals surface area (Å²) in [7, 11) is 2.99. The molecule has 8 aromatic rings. The van der Waals surface area contributed by atoms with E-state index in [-0.39, 0.29) is 34.4 Å².